The third-order valence-corrected chi connectivity index (χ3v) is 0.760. The highest BCUT2D eigenvalue weighted by molar-refractivity contribution is 6.35. The van der Waals surface area contributed by atoms with Crippen LogP contribution in [0.15, 0.2) is 0 Å². The fourth-order valence-electron chi connectivity index (χ4n) is 0. The Kier molecular flexibility index (Phi) is 8.64. The van der Waals surface area contributed by atoms with Gasteiger partial charge >= 0.3 is 0 Å². The van der Waals surface area contributed by atoms with Gasteiger partial charge < -0.3 is 10.2 Å². The standard InChI is InChI=1S/C4H6O2.C3H8O2/c1-3(5)4(2)6;1-3(5)2-4/h1-2H3;3-5H,2H2,1H3. The quantitative estimate of drug-likeness (QED) is 0.538. The van der Waals surface area contributed by atoms with Crippen molar-refractivity contribution in [2.24, 2.45) is 0 Å². The molecule has 0 rings (SSSR count). The Labute approximate surface area is 65.8 Å². The summed E-state index contributed by atoms with van der Waals surface area (Å²) >= 11 is 0. The molecule has 0 aliphatic carbocycles. The van der Waals surface area contributed by atoms with E-state index in [0.29, 0.717) is 0 Å². The van der Waals surface area contributed by atoms with Crippen molar-refractivity contribution in [3.05, 3.63) is 0 Å². The number of ketones is 2. The van der Waals surface area contributed by atoms with Crippen LogP contribution in [0, 0.1) is 0 Å². The molecule has 2 N–H and O–H groups in total. The summed E-state index contributed by atoms with van der Waals surface area (Å²) in [5.41, 5.74) is 0. The van der Waals surface area contributed by atoms with Crippen LogP contribution in [0.5, 0.6) is 0 Å². The molecule has 0 aliphatic rings. The molecule has 0 saturated heterocycles. The van der Waals surface area contributed by atoms with E-state index in [1.165, 1.54) is 20.8 Å². The lowest BCUT2D eigenvalue weighted by Crippen LogP contribution is -2.03. The van der Waals surface area contributed by atoms with Crippen LogP contribution in [0.2, 0.25) is 0 Å². The zero-order chi connectivity index (χ0) is 9.44. The minimum atomic E-state index is -0.560. The molecule has 1 unspecified atom stereocenters. The predicted molar refractivity (Wildman–Crippen MR) is 40.1 cm³/mol. The van der Waals surface area contributed by atoms with E-state index in [4.69, 9.17) is 10.2 Å². The Morgan fingerprint density at radius 1 is 1.27 bits per heavy atom. The van der Waals surface area contributed by atoms with Crippen LogP contribution >= 0.6 is 0 Å². The summed E-state index contributed by atoms with van der Waals surface area (Å²) in [6.45, 7) is 3.89. The Balaban J connectivity index is 0. The van der Waals surface area contributed by atoms with Gasteiger partial charge in [-0.2, -0.15) is 0 Å². The minimum absolute atomic E-state index is 0.139. The summed E-state index contributed by atoms with van der Waals surface area (Å²) in [6.07, 6.45) is -0.560. The van der Waals surface area contributed by atoms with Gasteiger partial charge in [-0.25, -0.2) is 0 Å². The van der Waals surface area contributed by atoms with E-state index in [9.17, 15) is 9.59 Å². The maximum atomic E-state index is 9.79. The second kappa shape index (κ2) is 7.37. The van der Waals surface area contributed by atoms with E-state index < -0.39 is 6.10 Å². The Morgan fingerprint density at radius 2 is 1.45 bits per heavy atom. The van der Waals surface area contributed by atoms with Gasteiger partial charge in [0.1, 0.15) is 0 Å². The van der Waals surface area contributed by atoms with Crippen molar-refractivity contribution < 1.29 is 19.8 Å². The number of aliphatic hydroxyl groups excluding tert-OH is 2. The van der Waals surface area contributed by atoms with Gasteiger partial charge in [0.25, 0.3) is 0 Å². The summed E-state index contributed by atoms with van der Waals surface area (Å²) in [4.78, 5) is 19.6. The first-order chi connectivity index (χ1) is 4.91. The van der Waals surface area contributed by atoms with Crippen molar-refractivity contribution in [2.45, 2.75) is 26.9 Å². The van der Waals surface area contributed by atoms with Crippen molar-refractivity contribution in [3.63, 3.8) is 0 Å². The number of carbonyl (C=O) groups is 2. The van der Waals surface area contributed by atoms with Crippen LogP contribution in [-0.2, 0) is 9.59 Å². The average molecular weight is 162 g/mol. The van der Waals surface area contributed by atoms with Crippen molar-refractivity contribution in [3.8, 4) is 0 Å². The molecule has 0 aromatic carbocycles. The number of hydrogen-bond donors (Lipinski definition) is 2. The molecule has 0 fully saturated rings. The van der Waals surface area contributed by atoms with Gasteiger partial charge in [-0.3, -0.25) is 9.59 Å². The molecule has 0 saturated carbocycles. The molecule has 4 heteroatoms. The monoisotopic (exact) mass is 162 g/mol. The summed E-state index contributed by atoms with van der Waals surface area (Å²) in [6, 6.07) is 0. The van der Waals surface area contributed by atoms with Crippen LogP contribution in [0.4, 0.5) is 0 Å². The maximum Gasteiger partial charge on any atom is 0.195 e. The first-order valence-electron chi connectivity index (χ1n) is 3.22. The van der Waals surface area contributed by atoms with Gasteiger partial charge in [0.2, 0.25) is 0 Å². The molecule has 11 heavy (non-hydrogen) atoms. The molecule has 0 amide bonds. The van der Waals surface area contributed by atoms with Crippen LogP contribution in [-0.4, -0.2) is 34.5 Å². The fourth-order valence-corrected chi connectivity index (χ4v) is 0. The summed E-state index contributed by atoms with van der Waals surface area (Å²) in [5, 5.41) is 16.0. The largest absolute Gasteiger partial charge is 0.394 e. The van der Waals surface area contributed by atoms with E-state index in [-0.39, 0.29) is 18.2 Å². The Hall–Kier alpha value is -0.740. The van der Waals surface area contributed by atoms with Gasteiger partial charge in [-0.05, 0) is 6.92 Å². The van der Waals surface area contributed by atoms with E-state index in [1.807, 2.05) is 0 Å². The number of carbonyl (C=O) groups excluding carboxylic acids is 2. The molecule has 4 nitrogen and oxygen atoms in total. The molecule has 66 valence electrons. The van der Waals surface area contributed by atoms with Gasteiger partial charge in [0.15, 0.2) is 11.6 Å². The first-order valence-corrected chi connectivity index (χ1v) is 3.22. The van der Waals surface area contributed by atoms with E-state index in [2.05, 4.69) is 0 Å². The predicted octanol–water partition coefficient (Wildman–Crippen LogP) is -0.476. The van der Waals surface area contributed by atoms with Crippen LogP contribution in [0.3, 0.4) is 0 Å². The number of hydrogen-bond acceptors (Lipinski definition) is 4. The summed E-state index contributed by atoms with van der Waals surface area (Å²) < 4.78 is 0. The molecule has 1 atom stereocenters. The highest BCUT2D eigenvalue weighted by Gasteiger charge is 1.94. The van der Waals surface area contributed by atoms with E-state index in [0.717, 1.165) is 0 Å². The molecule has 0 heterocycles. The van der Waals surface area contributed by atoms with Crippen LogP contribution in [0.1, 0.15) is 20.8 Å². The third kappa shape index (κ3) is 17.6. The number of rotatable bonds is 2. The topological polar surface area (TPSA) is 74.6 Å². The minimum Gasteiger partial charge on any atom is -0.394 e. The average Bonchev–Trinajstić information content (AvgIpc) is 1.89. The molecular weight excluding hydrogens is 148 g/mol. The normalized spacial score (nSPS) is 11.0. The molecule has 0 aromatic heterocycles. The Morgan fingerprint density at radius 3 is 1.45 bits per heavy atom. The maximum absolute atomic E-state index is 9.79. The van der Waals surface area contributed by atoms with E-state index in [1.54, 1.807) is 0 Å². The zero-order valence-electron chi connectivity index (χ0n) is 7.00. The van der Waals surface area contributed by atoms with Crippen molar-refractivity contribution in [2.75, 3.05) is 6.61 Å². The lowest BCUT2D eigenvalue weighted by Gasteiger charge is -1.90. The molecule has 0 bridgehead atoms. The smallest absolute Gasteiger partial charge is 0.195 e. The Bertz CT molecular complexity index is 116. The van der Waals surface area contributed by atoms with Crippen molar-refractivity contribution >= 4 is 11.6 Å². The third-order valence-electron chi connectivity index (χ3n) is 0.760. The number of Topliss-reactive ketones (excluding diaryl/α,β-unsaturated/α-hetero) is 2. The van der Waals surface area contributed by atoms with Crippen molar-refractivity contribution in [1.82, 2.24) is 0 Å². The fraction of sp³-hybridized carbons (Fsp3) is 0.714. The lowest BCUT2D eigenvalue weighted by atomic mass is 10.3. The van der Waals surface area contributed by atoms with Gasteiger partial charge in [0, 0.05) is 13.8 Å². The lowest BCUT2D eigenvalue weighted by molar-refractivity contribution is -0.134. The van der Waals surface area contributed by atoms with Crippen molar-refractivity contribution in [1.29, 1.82) is 0 Å². The second-order valence-electron chi connectivity index (χ2n) is 2.14. The summed E-state index contributed by atoms with van der Waals surface area (Å²) in [7, 11) is 0. The first kappa shape index (κ1) is 12.9. The SMILES string of the molecule is CC(=O)C(C)=O.CC(O)CO. The highest BCUT2D eigenvalue weighted by Crippen LogP contribution is 1.68. The number of aliphatic hydroxyl groups is 2. The molecule has 0 spiro atoms. The van der Waals surface area contributed by atoms with Crippen LogP contribution < -0.4 is 0 Å². The molecule has 0 aromatic rings. The van der Waals surface area contributed by atoms with Crippen LogP contribution in [0.25, 0.3) is 0 Å². The zero-order valence-corrected chi connectivity index (χ0v) is 7.00. The van der Waals surface area contributed by atoms with Gasteiger partial charge in [-0.1, -0.05) is 0 Å². The highest BCUT2D eigenvalue weighted by atomic mass is 16.3. The van der Waals surface area contributed by atoms with Gasteiger partial charge in [0.05, 0.1) is 12.7 Å². The molecule has 0 radical (unpaired) electrons. The second-order valence-corrected chi connectivity index (χ2v) is 2.14. The molecular formula is C7H14O4. The summed E-state index contributed by atoms with van der Waals surface area (Å²) in [5.74, 6) is -0.759. The molecule has 0 aliphatic heterocycles. The van der Waals surface area contributed by atoms with E-state index >= 15 is 0 Å². The van der Waals surface area contributed by atoms with Gasteiger partial charge in [-0.15, -0.1) is 0 Å².